The second kappa shape index (κ2) is 6.95. The zero-order chi connectivity index (χ0) is 14.5. The lowest BCUT2D eigenvalue weighted by Gasteiger charge is -2.30. The molecule has 0 spiro atoms. The van der Waals surface area contributed by atoms with Crippen LogP contribution in [-0.2, 0) is 4.79 Å². The maximum atomic E-state index is 12.1. The summed E-state index contributed by atoms with van der Waals surface area (Å²) in [7, 11) is 0. The summed E-state index contributed by atoms with van der Waals surface area (Å²) in [6.45, 7) is 1.73. The topological polar surface area (TPSA) is 64.3 Å². The minimum atomic E-state index is -0.567. The minimum absolute atomic E-state index is 0.0473. The Bertz CT molecular complexity index is 467. The number of hydrogen-bond acceptors (Lipinski definition) is 3. The van der Waals surface area contributed by atoms with E-state index in [0.717, 1.165) is 25.7 Å². The first-order valence-electron chi connectivity index (χ1n) is 7.04. The molecule has 0 saturated heterocycles. The largest absolute Gasteiger partial charge is 0.481 e. The van der Waals surface area contributed by atoms with Gasteiger partial charge in [0.1, 0.15) is 5.75 Å². The molecule has 110 valence electrons. The molecule has 0 heterocycles. The minimum Gasteiger partial charge on any atom is -0.481 e. The first-order valence-corrected chi connectivity index (χ1v) is 7.42. The second-order valence-corrected chi connectivity index (χ2v) is 5.72. The first-order chi connectivity index (χ1) is 9.56. The number of hydrogen-bond donors (Lipinski definition) is 2. The average Bonchev–Trinajstić information content (AvgIpc) is 2.41. The van der Waals surface area contributed by atoms with Crippen LogP contribution in [0, 0.1) is 0 Å². The summed E-state index contributed by atoms with van der Waals surface area (Å²) in [5.74, 6) is 0.459. The monoisotopic (exact) mass is 296 g/mol. The Balaban J connectivity index is 1.88. The lowest BCUT2D eigenvalue weighted by atomic mass is 9.91. The molecule has 1 aliphatic carbocycles. The lowest BCUT2D eigenvalue weighted by Crippen LogP contribution is -2.52. The van der Waals surface area contributed by atoms with Crippen molar-refractivity contribution in [2.75, 3.05) is 0 Å². The van der Waals surface area contributed by atoms with Crippen LogP contribution in [0.4, 0.5) is 0 Å². The molecule has 3 atom stereocenters. The number of ether oxygens (including phenoxy) is 1. The molecule has 1 saturated carbocycles. The number of carbonyl (C=O) groups is 1. The van der Waals surface area contributed by atoms with Gasteiger partial charge in [-0.05, 0) is 38.0 Å². The number of nitrogens with two attached hydrogens (primary N) is 1. The number of nitrogens with one attached hydrogen (secondary N) is 1. The van der Waals surface area contributed by atoms with Gasteiger partial charge in [0.05, 0.1) is 0 Å². The molecule has 0 bridgehead atoms. The summed E-state index contributed by atoms with van der Waals surface area (Å²) in [5.41, 5.74) is 6.03. The van der Waals surface area contributed by atoms with Crippen LogP contribution in [0.3, 0.4) is 0 Å². The lowest BCUT2D eigenvalue weighted by molar-refractivity contribution is -0.128. The van der Waals surface area contributed by atoms with E-state index in [9.17, 15) is 4.79 Å². The maximum absolute atomic E-state index is 12.1. The molecule has 1 aliphatic rings. The molecule has 1 aromatic rings. The summed E-state index contributed by atoms with van der Waals surface area (Å²) >= 11 is 5.89. The Morgan fingerprint density at radius 3 is 2.90 bits per heavy atom. The Kier molecular flexibility index (Phi) is 5.26. The highest BCUT2D eigenvalue weighted by Gasteiger charge is 2.25. The predicted molar refractivity (Wildman–Crippen MR) is 79.9 cm³/mol. The molecular formula is C15H21ClN2O2. The summed E-state index contributed by atoms with van der Waals surface area (Å²) < 4.78 is 5.60. The van der Waals surface area contributed by atoms with Crippen LogP contribution in [0.5, 0.6) is 5.75 Å². The zero-order valence-corrected chi connectivity index (χ0v) is 12.4. The molecule has 0 radical (unpaired) electrons. The van der Waals surface area contributed by atoms with Gasteiger partial charge < -0.3 is 15.8 Å². The Hall–Kier alpha value is -1.26. The number of rotatable bonds is 4. The van der Waals surface area contributed by atoms with E-state index in [1.807, 2.05) is 0 Å². The molecule has 1 fully saturated rings. The Morgan fingerprint density at radius 1 is 1.45 bits per heavy atom. The number of carbonyl (C=O) groups excluding carboxylic acids is 1. The summed E-state index contributed by atoms with van der Waals surface area (Å²) in [5, 5.41) is 3.57. The van der Waals surface area contributed by atoms with Gasteiger partial charge in [-0.3, -0.25) is 4.79 Å². The van der Waals surface area contributed by atoms with E-state index < -0.39 is 6.10 Å². The van der Waals surface area contributed by atoms with Crippen molar-refractivity contribution < 1.29 is 9.53 Å². The number of halogens is 1. The Labute approximate surface area is 124 Å². The molecule has 1 aromatic carbocycles. The fourth-order valence-electron chi connectivity index (χ4n) is 2.44. The van der Waals surface area contributed by atoms with Crippen LogP contribution in [0.2, 0.25) is 5.02 Å². The van der Waals surface area contributed by atoms with Gasteiger partial charge in [-0.1, -0.05) is 30.5 Å². The normalized spacial score (nSPS) is 23.9. The molecule has 0 aromatic heterocycles. The van der Waals surface area contributed by atoms with Crippen molar-refractivity contribution in [3.63, 3.8) is 0 Å². The van der Waals surface area contributed by atoms with Gasteiger partial charge in [-0.25, -0.2) is 0 Å². The van der Waals surface area contributed by atoms with Gasteiger partial charge in [-0.15, -0.1) is 0 Å². The van der Waals surface area contributed by atoms with E-state index in [2.05, 4.69) is 5.32 Å². The van der Waals surface area contributed by atoms with Crippen molar-refractivity contribution in [3.8, 4) is 5.75 Å². The predicted octanol–water partition coefficient (Wildman–Crippen LogP) is 2.49. The third-order valence-corrected chi connectivity index (χ3v) is 3.86. The highest BCUT2D eigenvalue weighted by atomic mass is 35.5. The fourth-order valence-corrected chi connectivity index (χ4v) is 2.62. The van der Waals surface area contributed by atoms with E-state index in [4.69, 9.17) is 22.1 Å². The van der Waals surface area contributed by atoms with Crippen molar-refractivity contribution in [3.05, 3.63) is 29.3 Å². The van der Waals surface area contributed by atoms with Crippen LogP contribution in [-0.4, -0.2) is 24.1 Å². The van der Waals surface area contributed by atoms with Crippen LogP contribution in [0.1, 0.15) is 32.6 Å². The average molecular weight is 297 g/mol. The van der Waals surface area contributed by atoms with Crippen molar-refractivity contribution in [1.29, 1.82) is 0 Å². The van der Waals surface area contributed by atoms with Gasteiger partial charge in [-0.2, -0.15) is 0 Å². The number of benzene rings is 1. The maximum Gasteiger partial charge on any atom is 0.261 e. The second-order valence-electron chi connectivity index (χ2n) is 5.28. The highest BCUT2D eigenvalue weighted by molar-refractivity contribution is 6.30. The van der Waals surface area contributed by atoms with Crippen molar-refractivity contribution in [1.82, 2.24) is 5.32 Å². The van der Waals surface area contributed by atoms with Crippen LogP contribution in [0.15, 0.2) is 24.3 Å². The zero-order valence-electron chi connectivity index (χ0n) is 11.6. The smallest absolute Gasteiger partial charge is 0.261 e. The van der Waals surface area contributed by atoms with Gasteiger partial charge in [0.2, 0.25) is 0 Å². The fraction of sp³-hybridized carbons (Fsp3) is 0.533. The van der Waals surface area contributed by atoms with E-state index >= 15 is 0 Å². The highest BCUT2D eigenvalue weighted by Crippen LogP contribution is 2.19. The van der Waals surface area contributed by atoms with Gasteiger partial charge in [0.25, 0.3) is 5.91 Å². The van der Waals surface area contributed by atoms with Gasteiger partial charge in [0.15, 0.2) is 6.10 Å². The SMILES string of the molecule is CC(Oc1cccc(Cl)c1)C(=O)NC1CCCCC1N. The van der Waals surface area contributed by atoms with Crippen molar-refractivity contribution >= 4 is 17.5 Å². The van der Waals surface area contributed by atoms with Crippen molar-refractivity contribution in [2.24, 2.45) is 5.73 Å². The summed E-state index contributed by atoms with van der Waals surface area (Å²) in [6, 6.07) is 7.13. The molecule has 0 aliphatic heterocycles. The van der Waals surface area contributed by atoms with E-state index in [-0.39, 0.29) is 18.0 Å². The van der Waals surface area contributed by atoms with Crippen LogP contribution >= 0.6 is 11.6 Å². The number of amides is 1. The summed E-state index contributed by atoms with van der Waals surface area (Å²) in [4.78, 5) is 12.1. The van der Waals surface area contributed by atoms with Crippen LogP contribution in [0.25, 0.3) is 0 Å². The quantitative estimate of drug-likeness (QED) is 0.897. The molecular weight excluding hydrogens is 276 g/mol. The van der Waals surface area contributed by atoms with Gasteiger partial charge >= 0.3 is 0 Å². The third-order valence-electron chi connectivity index (χ3n) is 3.63. The van der Waals surface area contributed by atoms with Gasteiger partial charge in [0, 0.05) is 17.1 Å². The van der Waals surface area contributed by atoms with E-state index in [1.54, 1.807) is 31.2 Å². The van der Waals surface area contributed by atoms with E-state index in [0.29, 0.717) is 10.8 Å². The molecule has 1 amide bonds. The molecule has 3 unspecified atom stereocenters. The first kappa shape index (κ1) is 15.1. The molecule has 20 heavy (non-hydrogen) atoms. The van der Waals surface area contributed by atoms with Crippen molar-refractivity contribution in [2.45, 2.75) is 50.8 Å². The molecule has 3 N–H and O–H groups in total. The Morgan fingerprint density at radius 2 is 2.20 bits per heavy atom. The molecule has 5 heteroatoms. The molecule has 2 rings (SSSR count). The standard InChI is InChI=1S/C15H21ClN2O2/c1-10(20-12-6-4-5-11(16)9-12)15(19)18-14-8-3-2-7-13(14)17/h4-6,9-10,13-14H,2-3,7-8,17H2,1H3,(H,18,19). The van der Waals surface area contributed by atoms with Crippen LogP contribution < -0.4 is 15.8 Å². The third kappa shape index (κ3) is 4.12. The molecule has 4 nitrogen and oxygen atoms in total. The van der Waals surface area contributed by atoms with E-state index in [1.165, 1.54) is 0 Å². The summed E-state index contributed by atoms with van der Waals surface area (Å²) in [6.07, 6.45) is 3.60.